The molecule has 1 N–H and O–H groups in total. The number of aromatic nitrogens is 5. The van der Waals surface area contributed by atoms with Crippen LogP contribution in [0, 0.1) is 5.41 Å². The highest BCUT2D eigenvalue weighted by molar-refractivity contribution is 7.93. The van der Waals surface area contributed by atoms with E-state index in [0.29, 0.717) is 31.6 Å². The summed E-state index contributed by atoms with van der Waals surface area (Å²) in [5.41, 5.74) is -0.745. The van der Waals surface area contributed by atoms with Crippen LogP contribution in [0.2, 0.25) is 0 Å². The van der Waals surface area contributed by atoms with Crippen LogP contribution in [0.4, 0.5) is 5.95 Å². The normalized spacial score (nSPS) is 30.1. The van der Waals surface area contributed by atoms with Gasteiger partial charge in [0.1, 0.15) is 6.33 Å². The molecule has 2 saturated heterocycles. The van der Waals surface area contributed by atoms with E-state index >= 15 is 0 Å². The Kier molecular flexibility index (Phi) is 3.60. The van der Waals surface area contributed by atoms with Crippen LogP contribution in [0.3, 0.4) is 0 Å². The first-order valence-electron chi connectivity index (χ1n) is 8.12. The lowest BCUT2D eigenvalue weighted by molar-refractivity contribution is -0.125. The Morgan fingerprint density at radius 1 is 1.20 bits per heavy atom. The van der Waals surface area contributed by atoms with Gasteiger partial charge < -0.3 is 0 Å². The van der Waals surface area contributed by atoms with Crippen molar-refractivity contribution in [2.75, 3.05) is 5.32 Å². The quantitative estimate of drug-likeness (QED) is 0.855. The van der Waals surface area contributed by atoms with Crippen LogP contribution in [0.25, 0.3) is 5.95 Å². The first-order chi connectivity index (χ1) is 11.9. The van der Waals surface area contributed by atoms with Gasteiger partial charge in [-0.25, -0.2) is 18.4 Å². The lowest BCUT2D eigenvalue weighted by Gasteiger charge is -2.35. The molecule has 9 nitrogen and oxygen atoms in total. The van der Waals surface area contributed by atoms with Gasteiger partial charge in [0, 0.05) is 17.8 Å². The third-order valence-electron chi connectivity index (χ3n) is 5.16. The molecule has 2 unspecified atom stereocenters. The first-order valence-corrected chi connectivity index (χ1v) is 9.73. The number of nitrogens with one attached hydrogen (secondary N) is 1. The van der Waals surface area contributed by atoms with Crippen LogP contribution in [0.15, 0.2) is 24.8 Å². The first kappa shape index (κ1) is 16.1. The Bertz CT molecular complexity index is 890. The van der Waals surface area contributed by atoms with Gasteiger partial charge in [0.05, 0.1) is 10.5 Å². The number of anilines is 1. The summed E-state index contributed by atoms with van der Waals surface area (Å²) in [4.78, 5) is 25.1. The molecule has 0 aliphatic carbocycles. The van der Waals surface area contributed by atoms with Gasteiger partial charge >= 0.3 is 0 Å². The van der Waals surface area contributed by atoms with Gasteiger partial charge in [-0.1, -0.05) is 6.92 Å². The summed E-state index contributed by atoms with van der Waals surface area (Å²) in [6.45, 7) is 1.82. The number of sulfone groups is 1. The second-order valence-electron chi connectivity index (χ2n) is 6.88. The van der Waals surface area contributed by atoms with Crippen LogP contribution in [-0.2, 0) is 14.6 Å². The number of nitrogens with zero attached hydrogens (tertiary/aromatic N) is 5. The van der Waals surface area contributed by atoms with E-state index in [1.165, 1.54) is 11.0 Å². The van der Waals surface area contributed by atoms with Gasteiger partial charge in [0.25, 0.3) is 5.95 Å². The number of rotatable bonds is 3. The zero-order chi connectivity index (χ0) is 17.7. The predicted molar refractivity (Wildman–Crippen MR) is 88.6 cm³/mol. The average Bonchev–Trinajstić information content (AvgIpc) is 3.08. The molecule has 0 radical (unpaired) electrons. The second-order valence-corrected chi connectivity index (χ2v) is 9.39. The third-order valence-corrected chi connectivity index (χ3v) is 7.82. The molecule has 25 heavy (non-hydrogen) atoms. The lowest BCUT2D eigenvalue weighted by Crippen LogP contribution is -2.45. The smallest absolute Gasteiger partial charge is 0.253 e. The van der Waals surface area contributed by atoms with E-state index in [1.54, 1.807) is 18.5 Å². The van der Waals surface area contributed by atoms with Gasteiger partial charge in [-0.3, -0.25) is 10.1 Å². The van der Waals surface area contributed by atoms with Crippen LogP contribution in [-0.4, -0.2) is 49.6 Å². The number of hydrogen-bond donors (Lipinski definition) is 1. The topological polar surface area (TPSA) is 120 Å². The number of fused-ring (bicyclic) bond motifs is 2. The maximum absolute atomic E-state index is 12.9. The molecule has 2 fully saturated rings. The van der Waals surface area contributed by atoms with Crippen molar-refractivity contribution in [2.24, 2.45) is 5.41 Å². The predicted octanol–water partition coefficient (Wildman–Crippen LogP) is 0.742. The third kappa shape index (κ3) is 2.60. The van der Waals surface area contributed by atoms with E-state index in [-0.39, 0.29) is 11.9 Å². The van der Waals surface area contributed by atoms with E-state index in [9.17, 15) is 13.2 Å². The van der Waals surface area contributed by atoms with E-state index in [2.05, 4.69) is 25.4 Å². The molecule has 2 aromatic heterocycles. The van der Waals surface area contributed by atoms with Crippen molar-refractivity contribution in [1.82, 2.24) is 24.7 Å². The Morgan fingerprint density at radius 3 is 2.48 bits per heavy atom. The zero-order valence-electron chi connectivity index (χ0n) is 13.7. The van der Waals surface area contributed by atoms with Gasteiger partial charge in [0.15, 0.2) is 9.84 Å². The minimum Gasteiger partial charge on any atom is -0.294 e. The molecular weight excluding hydrogens is 344 g/mol. The molecule has 2 atom stereocenters. The molecule has 0 aromatic carbocycles. The Balaban J connectivity index is 1.57. The van der Waals surface area contributed by atoms with Crippen LogP contribution >= 0.6 is 0 Å². The maximum atomic E-state index is 12.9. The monoisotopic (exact) mass is 362 g/mol. The number of carbonyl (C=O) groups is 1. The van der Waals surface area contributed by atoms with Gasteiger partial charge in [-0.15, -0.1) is 0 Å². The minimum absolute atomic E-state index is 0.221. The van der Waals surface area contributed by atoms with E-state index in [1.807, 2.05) is 6.92 Å². The zero-order valence-corrected chi connectivity index (χ0v) is 14.5. The molecule has 2 bridgehead atoms. The van der Waals surface area contributed by atoms with Crippen molar-refractivity contribution in [1.29, 1.82) is 0 Å². The van der Waals surface area contributed by atoms with Crippen LogP contribution < -0.4 is 5.32 Å². The SMILES string of the molecule is CC1(C(=O)Nc2ncnn2-c2ncccn2)CC2CCC(C1)S2(=O)=O. The molecule has 2 aromatic rings. The van der Waals surface area contributed by atoms with E-state index < -0.39 is 25.8 Å². The molecule has 0 spiro atoms. The highest BCUT2D eigenvalue weighted by atomic mass is 32.2. The van der Waals surface area contributed by atoms with Gasteiger partial charge in [-0.05, 0) is 31.7 Å². The molecule has 10 heteroatoms. The Hall–Kier alpha value is -2.36. The molecule has 4 rings (SSSR count). The molecule has 1 amide bonds. The Morgan fingerprint density at radius 2 is 1.84 bits per heavy atom. The number of amides is 1. The molecule has 2 aliphatic rings. The molecule has 132 valence electrons. The minimum atomic E-state index is -3.08. The van der Waals surface area contributed by atoms with Crippen molar-refractivity contribution in [3.8, 4) is 5.95 Å². The molecule has 4 heterocycles. The van der Waals surface area contributed by atoms with Crippen molar-refractivity contribution in [3.05, 3.63) is 24.8 Å². The number of hydrogen-bond acceptors (Lipinski definition) is 7. The van der Waals surface area contributed by atoms with Crippen molar-refractivity contribution < 1.29 is 13.2 Å². The van der Waals surface area contributed by atoms with Gasteiger partial charge in [0.2, 0.25) is 11.9 Å². The van der Waals surface area contributed by atoms with Gasteiger partial charge in [-0.2, -0.15) is 14.8 Å². The standard InChI is InChI=1S/C15H18N6O3S/c1-15(7-10-3-4-11(8-15)25(10,23)24)12(22)20-14-18-9-19-21(14)13-16-5-2-6-17-13/h2,5-6,9-11H,3-4,7-8H2,1H3,(H,18,19,20,22). The average molecular weight is 362 g/mol. The fourth-order valence-corrected chi connectivity index (χ4v) is 6.48. The summed E-state index contributed by atoms with van der Waals surface area (Å²) < 4.78 is 25.9. The van der Waals surface area contributed by atoms with Crippen molar-refractivity contribution >= 4 is 21.7 Å². The summed E-state index contributed by atoms with van der Waals surface area (Å²) in [6.07, 6.45) is 6.42. The molecule has 2 aliphatic heterocycles. The maximum Gasteiger partial charge on any atom is 0.253 e. The highest BCUT2D eigenvalue weighted by Crippen LogP contribution is 2.47. The lowest BCUT2D eigenvalue weighted by atomic mass is 9.81. The summed E-state index contributed by atoms with van der Waals surface area (Å²) >= 11 is 0. The van der Waals surface area contributed by atoms with Crippen molar-refractivity contribution in [2.45, 2.75) is 43.1 Å². The van der Waals surface area contributed by atoms with Crippen LogP contribution in [0.5, 0.6) is 0 Å². The summed E-state index contributed by atoms with van der Waals surface area (Å²) in [6, 6.07) is 1.68. The largest absolute Gasteiger partial charge is 0.294 e. The van der Waals surface area contributed by atoms with E-state index in [0.717, 1.165) is 0 Å². The fourth-order valence-electron chi connectivity index (χ4n) is 3.81. The summed E-state index contributed by atoms with van der Waals surface area (Å²) in [5.74, 6) is 0.273. The Labute approximate surface area is 144 Å². The summed E-state index contributed by atoms with van der Waals surface area (Å²) in [5, 5.41) is 5.98. The molecular formula is C15H18N6O3S. The van der Waals surface area contributed by atoms with Crippen LogP contribution in [0.1, 0.15) is 32.6 Å². The fraction of sp³-hybridized carbons (Fsp3) is 0.533. The van der Waals surface area contributed by atoms with Crippen molar-refractivity contribution in [3.63, 3.8) is 0 Å². The second kappa shape index (κ2) is 5.58. The number of carbonyl (C=O) groups excluding carboxylic acids is 1. The van der Waals surface area contributed by atoms with E-state index in [4.69, 9.17) is 0 Å². The highest BCUT2D eigenvalue weighted by Gasteiger charge is 2.54. The summed E-state index contributed by atoms with van der Waals surface area (Å²) in [7, 11) is -3.08. The molecule has 0 saturated carbocycles.